The highest BCUT2D eigenvalue weighted by atomic mass is 35.5. The molecule has 4 aliphatic rings. The lowest BCUT2D eigenvalue weighted by Crippen LogP contribution is -2.49. The van der Waals surface area contributed by atoms with Gasteiger partial charge < -0.3 is 19.3 Å². The summed E-state index contributed by atoms with van der Waals surface area (Å²) in [5.41, 5.74) is 3.47. The van der Waals surface area contributed by atoms with Crippen LogP contribution in [0.1, 0.15) is 66.9 Å². The molecule has 6 rings (SSSR count). The Morgan fingerprint density at radius 2 is 2.09 bits per heavy atom. The molecule has 0 saturated heterocycles. The molecule has 0 aromatic heterocycles. The Kier molecular flexibility index (Phi) is 9.69. The number of fused-ring (bicyclic) bond motifs is 4. The molecule has 1 fully saturated rings. The van der Waals surface area contributed by atoms with Gasteiger partial charge in [-0.3, -0.25) is 9.52 Å². The van der Waals surface area contributed by atoms with Gasteiger partial charge in [0.05, 0.1) is 24.2 Å². The number of nitrogens with zero attached hydrogens (tertiary/aromatic N) is 3. The number of methoxy groups -OCH3 is 1. The summed E-state index contributed by atoms with van der Waals surface area (Å²) in [4.78, 5) is 30.3. The standard InChI is InChI=1S/C35H45ClN4O5S/c1-4-39(2)34(42)38-46(43)18-7-5-6-10-31(44-3)28-14-11-26(28)21-40-22-35(17-8-9-24-19-27(36)13-15-29(24)35)23-45-32-16-12-25(20-30(32)40)33(41)37-46/h6,10,12-13,15-16,19-20,26,28,31H,4-5,7-9,11,14,17-18,21-23H2,1-3H3,(H,37,38,41,42,43)/b10-6+/t26-,28+,31-,35-,46-/m0/s1. The van der Waals surface area contributed by atoms with E-state index in [4.69, 9.17) is 21.1 Å². The van der Waals surface area contributed by atoms with Crippen LogP contribution in [-0.4, -0.2) is 73.3 Å². The zero-order valence-electron chi connectivity index (χ0n) is 27.0. The van der Waals surface area contributed by atoms with E-state index in [0.29, 0.717) is 49.1 Å². The molecular formula is C35H45ClN4O5S. The van der Waals surface area contributed by atoms with Crippen molar-refractivity contribution in [2.45, 2.75) is 63.4 Å². The molecule has 2 heterocycles. The molecule has 2 aliphatic carbocycles. The third-order valence-electron chi connectivity index (χ3n) is 10.3. The van der Waals surface area contributed by atoms with Crippen molar-refractivity contribution in [1.29, 1.82) is 0 Å². The largest absolute Gasteiger partial charge is 0.490 e. The van der Waals surface area contributed by atoms with E-state index >= 15 is 0 Å². The van der Waals surface area contributed by atoms with Crippen LogP contribution in [0.2, 0.25) is 5.02 Å². The molecule has 248 valence electrons. The second kappa shape index (κ2) is 13.6. The van der Waals surface area contributed by atoms with Gasteiger partial charge in [-0.1, -0.05) is 29.8 Å². The smallest absolute Gasteiger partial charge is 0.329 e. The van der Waals surface area contributed by atoms with Crippen LogP contribution in [-0.2, 0) is 26.5 Å². The van der Waals surface area contributed by atoms with E-state index in [-0.39, 0.29) is 17.3 Å². The quantitative estimate of drug-likeness (QED) is 0.381. The predicted molar refractivity (Wildman–Crippen MR) is 182 cm³/mol. The van der Waals surface area contributed by atoms with E-state index in [2.05, 4.69) is 38.3 Å². The summed E-state index contributed by atoms with van der Waals surface area (Å²) >= 11 is 6.43. The van der Waals surface area contributed by atoms with Crippen molar-refractivity contribution in [2.75, 3.05) is 51.1 Å². The molecule has 3 amide bonds. The minimum absolute atomic E-state index is 0.0271. The van der Waals surface area contributed by atoms with Gasteiger partial charge in [0.1, 0.15) is 15.7 Å². The van der Waals surface area contributed by atoms with Crippen LogP contribution in [0.5, 0.6) is 5.75 Å². The maximum atomic E-state index is 14.0. The molecule has 46 heavy (non-hydrogen) atoms. The number of anilines is 1. The summed E-state index contributed by atoms with van der Waals surface area (Å²) < 4.78 is 33.4. The van der Waals surface area contributed by atoms with Crippen molar-refractivity contribution in [1.82, 2.24) is 9.62 Å². The van der Waals surface area contributed by atoms with Crippen LogP contribution in [0.15, 0.2) is 52.9 Å². The normalized spacial score (nSPS) is 30.0. The molecule has 5 atom stereocenters. The first-order valence-electron chi connectivity index (χ1n) is 16.5. The number of benzene rings is 2. The molecule has 1 N–H and O–H groups in total. The summed E-state index contributed by atoms with van der Waals surface area (Å²) in [6.45, 7) is 4.30. The van der Waals surface area contributed by atoms with Crippen LogP contribution >= 0.6 is 11.6 Å². The van der Waals surface area contributed by atoms with Crippen LogP contribution in [0.4, 0.5) is 10.5 Å². The number of aryl methyl sites for hydroxylation is 1. The number of hydrogen-bond acceptors (Lipinski definition) is 6. The number of allylic oxidation sites excluding steroid dienone is 1. The van der Waals surface area contributed by atoms with Gasteiger partial charge in [0, 0.05) is 49.8 Å². The first-order valence-corrected chi connectivity index (χ1v) is 18.5. The molecule has 1 spiro atoms. The number of halogens is 1. The van der Waals surface area contributed by atoms with Gasteiger partial charge in [0.15, 0.2) is 0 Å². The summed E-state index contributed by atoms with van der Waals surface area (Å²) in [6, 6.07) is 11.1. The van der Waals surface area contributed by atoms with Gasteiger partial charge >= 0.3 is 6.03 Å². The van der Waals surface area contributed by atoms with E-state index in [1.165, 1.54) is 16.0 Å². The van der Waals surface area contributed by atoms with Gasteiger partial charge in [0.2, 0.25) is 0 Å². The van der Waals surface area contributed by atoms with E-state index in [1.807, 2.05) is 25.1 Å². The average Bonchev–Trinajstić information content (AvgIpc) is 3.18. The van der Waals surface area contributed by atoms with Crippen LogP contribution in [0.25, 0.3) is 0 Å². The molecule has 2 aromatic rings. The van der Waals surface area contributed by atoms with Crippen molar-refractivity contribution >= 4 is 39.1 Å². The second-order valence-corrected chi connectivity index (χ2v) is 15.7. The monoisotopic (exact) mass is 668 g/mol. The first kappa shape index (κ1) is 32.8. The molecule has 0 radical (unpaired) electrons. The maximum absolute atomic E-state index is 14.0. The molecule has 2 aliphatic heterocycles. The van der Waals surface area contributed by atoms with Crippen LogP contribution in [0.3, 0.4) is 0 Å². The third-order valence-corrected chi connectivity index (χ3v) is 12.4. The molecule has 2 aromatic carbocycles. The number of rotatable bonds is 3. The van der Waals surface area contributed by atoms with Crippen molar-refractivity contribution in [3.63, 3.8) is 0 Å². The summed E-state index contributed by atoms with van der Waals surface area (Å²) in [5, 5.41) is 0.746. The SMILES string of the molecule is CCN(C)C(=O)N[S@@]1(=O)=NC(=O)c2ccc3c(c2)N(C[C@@H]2CC[C@H]2[C@@H](OC)/C=C/CCC1)C[C@@]1(CCCc2cc(Cl)ccc21)CO3. The number of nitrogens with one attached hydrogen (secondary N) is 1. The number of amides is 3. The Hall–Kier alpha value is -3.08. The zero-order valence-corrected chi connectivity index (χ0v) is 28.6. The molecule has 2 bridgehead atoms. The average molecular weight is 669 g/mol. The molecule has 0 unspecified atom stereocenters. The second-order valence-electron chi connectivity index (χ2n) is 13.2. The van der Waals surface area contributed by atoms with Crippen molar-refractivity contribution < 1.29 is 23.3 Å². The van der Waals surface area contributed by atoms with Crippen LogP contribution < -0.4 is 14.4 Å². The number of urea groups is 1. The van der Waals surface area contributed by atoms with E-state index < -0.39 is 21.9 Å². The highest BCUT2D eigenvalue weighted by Crippen LogP contribution is 2.47. The lowest BCUT2D eigenvalue weighted by atomic mass is 9.68. The Balaban J connectivity index is 1.43. The fraction of sp³-hybridized carbons (Fsp3) is 0.543. The Morgan fingerprint density at radius 1 is 1.24 bits per heavy atom. The summed E-state index contributed by atoms with van der Waals surface area (Å²) in [7, 11) is -0.00563. The van der Waals surface area contributed by atoms with Crippen LogP contribution in [0, 0.1) is 11.8 Å². The van der Waals surface area contributed by atoms with E-state index in [9.17, 15) is 13.8 Å². The van der Waals surface area contributed by atoms with Gasteiger partial charge in [-0.25, -0.2) is 9.00 Å². The summed E-state index contributed by atoms with van der Waals surface area (Å²) in [5.74, 6) is 0.929. The Labute approximate surface area is 278 Å². The topological polar surface area (TPSA) is 101 Å². The predicted octanol–water partition coefficient (Wildman–Crippen LogP) is 6.39. The molecule has 1 saturated carbocycles. The number of ether oxygens (including phenoxy) is 2. The first-order chi connectivity index (χ1) is 22.1. The fourth-order valence-electron chi connectivity index (χ4n) is 7.47. The Bertz CT molecular complexity index is 1640. The third kappa shape index (κ3) is 6.66. The van der Waals surface area contributed by atoms with Crippen molar-refractivity contribution in [3.05, 3.63) is 70.3 Å². The van der Waals surface area contributed by atoms with Crippen molar-refractivity contribution in [2.24, 2.45) is 16.2 Å². The minimum Gasteiger partial charge on any atom is -0.490 e. The summed E-state index contributed by atoms with van der Waals surface area (Å²) in [6.07, 6.45) is 10.5. The van der Waals surface area contributed by atoms with E-state index in [1.54, 1.807) is 20.2 Å². The number of carbonyl (C=O) groups is 2. The molecule has 9 nitrogen and oxygen atoms in total. The Morgan fingerprint density at radius 3 is 2.85 bits per heavy atom. The number of hydrogen-bond donors (Lipinski definition) is 1. The molecular weight excluding hydrogens is 624 g/mol. The minimum atomic E-state index is -3.38. The highest BCUT2D eigenvalue weighted by Gasteiger charge is 2.44. The van der Waals surface area contributed by atoms with Gasteiger partial charge in [-0.05, 0) is 105 Å². The lowest BCUT2D eigenvalue weighted by molar-refractivity contribution is 0.0132. The van der Waals surface area contributed by atoms with Gasteiger partial charge in [-0.2, -0.15) is 0 Å². The van der Waals surface area contributed by atoms with E-state index in [0.717, 1.165) is 55.9 Å². The maximum Gasteiger partial charge on any atom is 0.329 e. The van der Waals surface area contributed by atoms with Gasteiger partial charge in [0.25, 0.3) is 5.91 Å². The highest BCUT2D eigenvalue weighted by molar-refractivity contribution is 7.92. The lowest BCUT2D eigenvalue weighted by Gasteiger charge is -2.46. The fourth-order valence-corrected chi connectivity index (χ4v) is 9.27. The van der Waals surface area contributed by atoms with Gasteiger partial charge in [-0.15, -0.1) is 4.36 Å². The zero-order chi connectivity index (χ0) is 32.5. The molecule has 11 heteroatoms. The van der Waals surface area contributed by atoms with Crippen molar-refractivity contribution in [3.8, 4) is 5.75 Å². The number of carbonyl (C=O) groups excluding carboxylic acids is 2.